The van der Waals surface area contributed by atoms with Gasteiger partial charge in [-0.15, -0.1) is 0 Å². The van der Waals surface area contributed by atoms with Crippen molar-refractivity contribution in [2.24, 2.45) is 0 Å². The van der Waals surface area contributed by atoms with Crippen molar-refractivity contribution in [2.45, 2.75) is 24.8 Å². The number of sulfonamides is 1. The molecule has 3 N–H and O–H groups in total. The van der Waals surface area contributed by atoms with Gasteiger partial charge in [-0.3, -0.25) is 0 Å². The van der Waals surface area contributed by atoms with E-state index in [4.69, 9.17) is 28.9 Å². The summed E-state index contributed by atoms with van der Waals surface area (Å²) < 4.78 is 26.9. The summed E-state index contributed by atoms with van der Waals surface area (Å²) in [7, 11) is -1.83. The van der Waals surface area contributed by atoms with Crippen molar-refractivity contribution in [3.8, 4) is 0 Å². The molecule has 0 aromatic heterocycles. The minimum Gasteiger partial charge on any atom is -0.398 e. The third kappa shape index (κ3) is 4.49. The van der Waals surface area contributed by atoms with Gasteiger partial charge in [0.15, 0.2) is 0 Å². The molecule has 0 aliphatic heterocycles. The van der Waals surface area contributed by atoms with Crippen molar-refractivity contribution in [3.05, 3.63) is 22.2 Å². The first-order valence-electron chi connectivity index (χ1n) is 6.09. The first-order valence-corrected chi connectivity index (χ1v) is 8.33. The van der Waals surface area contributed by atoms with Crippen LogP contribution in [0.15, 0.2) is 17.0 Å². The maximum atomic E-state index is 12.2. The van der Waals surface area contributed by atoms with Gasteiger partial charge in [0.1, 0.15) is 4.90 Å². The predicted octanol–water partition coefficient (Wildman–Crippen LogP) is 2.19. The number of hydrogen-bond acceptors (Lipinski definition) is 4. The smallest absolute Gasteiger partial charge is 0.244 e. The van der Waals surface area contributed by atoms with Crippen LogP contribution in [0.3, 0.4) is 0 Å². The van der Waals surface area contributed by atoms with E-state index in [0.717, 1.165) is 0 Å². The number of rotatable bonds is 6. The summed E-state index contributed by atoms with van der Waals surface area (Å²) in [5, 5.41) is 0.311. The second-order valence-corrected chi connectivity index (χ2v) is 7.33. The Labute approximate surface area is 130 Å². The monoisotopic (exact) mass is 339 g/mol. The molecule has 0 saturated heterocycles. The van der Waals surface area contributed by atoms with Crippen LogP contribution in [-0.2, 0) is 10.0 Å². The highest BCUT2D eigenvalue weighted by Gasteiger charge is 2.21. The van der Waals surface area contributed by atoms with Gasteiger partial charge in [0.2, 0.25) is 10.0 Å². The van der Waals surface area contributed by atoms with Crippen LogP contribution in [0.2, 0.25) is 10.0 Å². The zero-order valence-corrected chi connectivity index (χ0v) is 14.0. The molecule has 0 amide bonds. The van der Waals surface area contributed by atoms with Crippen LogP contribution in [0.25, 0.3) is 0 Å². The van der Waals surface area contributed by atoms with Gasteiger partial charge in [0.25, 0.3) is 0 Å². The second kappa shape index (κ2) is 6.95. The van der Waals surface area contributed by atoms with Crippen molar-refractivity contribution < 1.29 is 8.42 Å². The number of nitrogen functional groups attached to an aromatic ring is 1. The summed E-state index contributed by atoms with van der Waals surface area (Å²) in [6, 6.07) is 3.06. The minimum atomic E-state index is -3.75. The zero-order chi connectivity index (χ0) is 15.5. The van der Waals surface area contributed by atoms with E-state index in [-0.39, 0.29) is 22.2 Å². The number of hydrogen-bond donors (Lipinski definition) is 2. The fourth-order valence-corrected chi connectivity index (χ4v) is 3.55. The maximum Gasteiger partial charge on any atom is 0.244 e. The Morgan fingerprint density at radius 2 is 1.95 bits per heavy atom. The summed E-state index contributed by atoms with van der Waals surface area (Å²) in [6.07, 6.45) is 0. The molecule has 1 rings (SSSR count). The van der Waals surface area contributed by atoms with Crippen molar-refractivity contribution >= 4 is 38.9 Å². The highest BCUT2D eigenvalue weighted by atomic mass is 35.5. The van der Waals surface area contributed by atoms with E-state index in [0.29, 0.717) is 17.6 Å². The Balaban J connectivity index is 2.85. The first kappa shape index (κ1) is 17.5. The fraction of sp³-hybridized carbons (Fsp3) is 0.500. The molecular formula is C12H19Cl2N3O2S. The molecule has 0 radical (unpaired) electrons. The molecule has 114 valence electrons. The summed E-state index contributed by atoms with van der Waals surface area (Å²) in [5.41, 5.74) is 5.72. The van der Waals surface area contributed by atoms with E-state index in [1.54, 1.807) is 0 Å². The van der Waals surface area contributed by atoms with E-state index in [2.05, 4.69) is 4.72 Å². The lowest BCUT2D eigenvalue weighted by molar-refractivity contribution is 0.278. The number of likely N-dealkylation sites (N-methyl/N-ethyl adjacent to an activating group) is 1. The Morgan fingerprint density at radius 1 is 1.35 bits per heavy atom. The van der Waals surface area contributed by atoms with Crippen molar-refractivity contribution in [1.29, 1.82) is 0 Å². The van der Waals surface area contributed by atoms with E-state index < -0.39 is 10.0 Å². The molecule has 0 fully saturated rings. The Kier molecular flexibility index (Phi) is 6.09. The average molecular weight is 340 g/mol. The summed E-state index contributed by atoms with van der Waals surface area (Å²) in [6.45, 7) is 4.92. The summed E-state index contributed by atoms with van der Waals surface area (Å²) in [5.74, 6) is 0. The Hall–Kier alpha value is -0.530. The first-order chi connectivity index (χ1) is 9.15. The Bertz CT molecular complexity index is 553. The van der Waals surface area contributed by atoms with Gasteiger partial charge >= 0.3 is 0 Å². The number of benzene rings is 1. The zero-order valence-electron chi connectivity index (χ0n) is 11.7. The predicted molar refractivity (Wildman–Crippen MR) is 83.8 cm³/mol. The van der Waals surface area contributed by atoms with Gasteiger partial charge in [-0.25, -0.2) is 13.1 Å². The van der Waals surface area contributed by atoms with E-state index in [1.165, 1.54) is 12.1 Å². The average Bonchev–Trinajstić information content (AvgIpc) is 2.26. The lowest BCUT2D eigenvalue weighted by Crippen LogP contribution is -2.36. The minimum absolute atomic E-state index is 0.0136. The van der Waals surface area contributed by atoms with Crippen LogP contribution < -0.4 is 10.5 Å². The van der Waals surface area contributed by atoms with Crippen LogP contribution in [0, 0.1) is 0 Å². The largest absolute Gasteiger partial charge is 0.398 e. The normalized spacial score (nSPS) is 12.3. The third-order valence-electron chi connectivity index (χ3n) is 2.94. The fourth-order valence-electron chi connectivity index (χ4n) is 1.55. The number of nitrogens with zero attached hydrogens (tertiary/aromatic N) is 1. The number of anilines is 1. The highest BCUT2D eigenvalue weighted by Crippen LogP contribution is 2.30. The van der Waals surface area contributed by atoms with Crippen molar-refractivity contribution in [3.63, 3.8) is 0 Å². The molecule has 0 spiro atoms. The van der Waals surface area contributed by atoms with E-state index >= 15 is 0 Å². The van der Waals surface area contributed by atoms with Gasteiger partial charge < -0.3 is 10.6 Å². The molecule has 0 unspecified atom stereocenters. The maximum absolute atomic E-state index is 12.2. The quantitative estimate of drug-likeness (QED) is 0.779. The number of halogens is 2. The molecule has 1 aromatic rings. The molecule has 0 atom stereocenters. The van der Waals surface area contributed by atoms with Gasteiger partial charge in [-0.2, -0.15) is 0 Å². The topological polar surface area (TPSA) is 75.4 Å². The molecule has 5 nitrogen and oxygen atoms in total. The van der Waals surface area contributed by atoms with Crippen molar-refractivity contribution in [1.82, 2.24) is 9.62 Å². The molecule has 0 aliphatic carbocycles. The summed E-state index contributed by atoms with van der Waals surface area (Å²) in [4.78, 5) is 1.89. The van der Waals surface area contributed by atoms with E-state index in [1.807, 2.05) is 25.8 Å². The van der Waals surface area contributed by atoms with Crippen LogP contribution in [0.4, 0.5) is 5.69 Å². The van der Waals surface area contributed by atoms with Crippen LogP contribution in [0.5, 0.6) is 0 Å². The molecule has 20 heavy (non-hydrogen) atoms. The van der Waals surface area contributed by atoms with Gasteiger partial charge in [-0.05, 0) is 33.0 Å². The molecule has 0 bridgehead atoms. The van der Waals surface area contributed by atoms with Gasteiger partial charge in [0.05, 0.1) is 10.7 Å². The van der Waals surface area contributed by atoms with Crippen LogP contribution in [0.1, 0.15) is 13.8 Å². The highest BCUT2D eigenvalue weighted by molar-refractivity contribution is 7.89. The SMILES string of the molecule is CC(C)N(C)CCNS(=O)(=O)c1c(N)cc(Cl)cc1Cl. The van der Waals surface area contributed by atoms with Crippen LogP contribution >= 0.6 is 23.2 Å². The van der Waals surface area contributed by atoms with Crippen molar-refractivity contribution in [2.75, 3.05) is 25.9 Å². The number of nitrogens with two attached hydrogens (primary N) is 1. The number of nitrogens with one attached hydrogen (secondary N) is 1. The van der Waals surface area contributed by atoms with E-state index in [9.17, 15) is 8.42 Å². The standard InChI is InChI=1S/C12H19Cl2N3O2S/c1-8(2)17(3)5-4-16-20(18,19)12-10(14)6-9(13)7-11(12)15/h6-8,16H,4-5,15H2,1-3H3. The lowest BCUT2D eigenvalue weighted by Gasteiger charge is -2.21. The molecule has 0 heterocycles. The lowest BCUT2D eigenvalue weighted by atomic mass is 10.3. The molecular weight excluding hydrogens is 321 g/mol. The summed E-state index contributed by atoms with van der Waals surface area (Å²) >= 11 is 11.7. The second-order valence-electron chi connectivity index (χ2n) is 4.78. The third-order valence-corrected chi connectivity index (χ3v) is 5.15. The van der Waals surface area contributed by atoms with Crippen LogP contribution in [-0.4, -0.2) is 39.5 Å². The molecule has 1 aromatic carbocycles. The van der Waals surface area contributed by atoms with Gasteiger partial charge in [0, 0.05) is 24.2 Å². The molecule has 0 aliphatic rings. The Morgan fingerprint density at radius 3 is 2.45 bits per heavy atom. The molecule has 8 heteroatoms. The van der Waals surface area contributed by atoms with Gasteiger partial charge in [-0.1, -0.05) is 23.2 Å². The molecule has 0 saturated carbocycles.